The van der Waals surface area contributed by atoms with Gasteiger partial charge in [0.1, 0.15) is 0 Å². The lowest BCUT2D eigenvalue weighted by Gasteiger charge is -2.20. The molecule has 31 heavy (non-hydrogen) atoms. The van der Waals surface area contributed by atoms with E-state index in [0.29, 0.717) is 22.7 Å². The summed E-state index contributed by atoms with van der Waals surface area (Å²) in [5, 5.41) is 5.91. The summed E-state index contributed by atoms with van der Waals surface area (Å²) in [4.78, 5) is 26.8. The summed E-state index contributed by atoms with van der Waals surface area (Å²) in [6.45, 7) is 4.66. The first-order chi connectivity index (χ1) is 15.0. The number of nitrogens with one attached hydrogen (secondary N) is 2. The molecule has 0 bridgehead atoms. The molecule has 1 aliphatic rings. The molecule has 2 N–H and O–H groups in total. The minimum Gasteiger partial charge on any atom is -0.351 e. The van der Waals surface area contributed by atoms with Gasteiger partial charge in [0.15, 0.2) is 0 Å². The minimum atomic E-state index is -0.158. The van der Waals surface area contributed by atoms with Crippen LogP contribution in [0.4, 0.5) is 5.69 Å². The van der Waals surface area contributed by atoms with Crippen molar-refractivity contribution in [3.8, 4) is 0 Å². The van der Waals surface area contributed by atoms with Gasteiger partial charge in [-0.15, -0.1) is 0 Å². The lowest BCUT2D eigenvalue weighted by atomic mass is 10.0. The lowest BCUT2D eigenvalue weighted by molar-refractivity contribution is -0.112. The van der Waals surface area contributed by atoms with Gasteiger partial charge in [0.2, 0.25) is 0 Å². The maximum atomic E-state index is 12.6. The quantitative estimate of drug-likeness (QED) is 0.519. The molecule has 3 aromatic carbocycles. The van der Waals surface area contributed by atoms with Gasteiger partial charge in [-0.2, -0.15) is 0 Å². The summed E-state index contributed by atoms with van der Waals surface area (Å²) in [5.74, 6) is -0.0902. The fraction of sp³-hybridized carbons (Fsp3) is 0.154. The number of carbonyl (C=O) groups is 2. The number of hydrogen-bond donors (Lipinski definition) is 2. The van der Waals surface area contributed by atoms with Crippen LogP contribution in [0.1, 0.15) is 39.9 Å². The third kappa shape index (κ3) is 5.06. The molecular formula is C26H24N2O2S. The van der Waals surface area contributed by atoms with Crippen molar-refractivity contribution in [1.29, 1.82) is 0 Å². The van der Waals surface area contributed by atoms with Crippen LogP contribution >= 0.6 is 11.8 Å². The molecule has 3 aromatic rings. The molecule has 0 unspecified atom stereocenters. The molecule has 1 heterocycles. The standard InChI is InChI=1S/C26H24N2O2S/c1-17-7-6-8-19(13-17)14-24-26(30)28-22-15-21(11-12-23(22)31-24)25(29)27-16-18(2)20-9-4-3-5-10-20/h3-15,18H,16H2,1-2H3,(H,27,29)(H,28,30)/b24-14+/t18-/m0/s1. The molecular weight excluding hydrogens is 404 g/mol. The SMILES string of the molecule is Cc1cccc(/C=C2/Sc3ccc(C(=O)NC[C@H](C)c4ccccc4)cc3NC2=O)c1. The summed E-state index contributed by atoms with van der Waals surface area (Å²) >= 11 is 1.42. The number of rotatable bonds is 5. The smallest absolute Gasteiger partial charge is 0.262 e. The third-order valence-corrected chi connectivity index (χ3v) is 6.31. The number of amides is 2. The largest absolute Gasteiger partial charge is 0.351 e. The van der Waals surface area contributed by atoms with E-state index in [9.17, 15) is 9.59 Å². The molecule has 4 nitrogen and oxygen atoms in total. The van der Waals surface area contributed by atoms with Gasteiger partial charge in [-0.05, 0) is 48.2 Å². The number of anilines is 1. The van der Waals surface area contributed by atoms with E-state index in [0.717, 1.165) is 16.0 Å². The number of benzene rings is 3. The first-order valence-corrected chi connectivity index (χ1v) is 11.1. The summed E-state index contributed by atoms with van der Waals surface area (Å²) in [5.41, 5.74) is 4.52. The Kier molecular flexibility index (Phi) is 6.23. The Hall–Kier alpha value is -3.31. The van der Waals surface area contributed by atoms with Crippen molar-refractivity contribution in [2.24, 2.45) is 0 Å². The maximum absolute atomic E-state index is 12.6. The van der Waals surface area contributed by atoms with E-state index in [1.165, 1.54) is 17.3 Å². The molecule has 0 saturated heterocycles. The van der Waals surface area contributed by atoms with Crippen molar-refractivity contribution in [3.05, 3.63) is 100.0 Å². The second kappa shape index (κ2) is 9.23. The topological polar surface area (TPSA) is 58.2 Å². The number of carbonyl (C=O) groups excluding carboxylic acids is 2. The van der Waals surface area contributed by atoms with Gasteiger partial charge < -0.3 is 10.6 Å². The fourth-order valence-electron chi connectivity index (χ4n) is 3.46. The van der Waals surface area contributed by atoms with Crippen molar-refractivity contribution >= 4 is 35.3 Å². The van der Waals surface area contributed by atoms with E-state index < -0.39 is 0 Å². The molecule has 0 fully saturated rings. The third-order valence-electron chi connectivity index (χ3n) is 5.21. The van der Waals surface area contributed by atoms with Crippen LogP contribution in [0, 0.1) is 6.92 Å². The highest BCUT2D eigenvalue weighted by atomic mass is 32.2. The Labute approximate surface area is 186 Å². The van der Waals surface area contributed by atoms with E-state index in [2.05, 4.69) is 29.7 Å². The average molecular weight is 429 g/mol. The zero-order chi connectivity index (χ0) is 21.8. The minimum absolute atomic E-state index is 0.147. The molecule has 5 heteroatoms. The van der Waals surface area contributed by atoms with Gasteiger partial charge in [-0.1, -0.05) is 78.8 Å². The maximum Gasteiger partial charge on any atom is 0.262 e. The van der Waals surface area contributed by atoms with Gasteiger partial charge in [-0.25, -0.2) is 0 Å². The van der Waals surface area contributed by atoms with E-state index in [1.54, 1.807) is 12.1 Å². The predicted molar refractivity (Wildman–Crippen MR) is 127 cm³/mol. The highest BCUT2D eigenvalue weighted by Crippen LogP contribution is 2.39. The van der Waals surface area contributed by atoms with Gasteiger partial charge in [0.25, 0.3) is 11.8 Å². The zero-order valence-corrected chi connectivity index (χ0v) is 18.3. The summed E-state index contributed by atoms with van der Waals surface area (Å²) in [6, 6.07) is 23.6. The molecule has 0 radical (unpaired) electrons. The summed E-state index contributed by atoms with van der Waals surface area (Å²) < 4.78 is 0. The molecule has 0 aliphatic carbocycles. The van der Waals surface area contributed by atoms with Crippen LogP contribution in [-0.2, 0) is 4.79 Å². The average Bonchev–Trinajstić information content (AvgIpc) is 2.78. The van der Waals surface area contributed by atoms with Gasteiger partial charge in [-0.3, -0.25) is 9.59 Å². The van der Waals surface area contributed by atoms with Crippen molar-refractivity contribution in [1.82, 2.24) is 5.32 Å². The van der Waals surface area contributed by atoms with Crippen molar-refractivity contribution in [2.45, 2.75) is 24.7 Å². The molecule has 4 rings (SSSR count). The van der Waals surface area contributed by atoms with Crippen LogP contribution in [0.2, 0.25) is 0 Å². The molecule has 0 spiro atoms. The van der Waals surface area contributed by atoms with E-state index >= 15 is 0 Å². The highest BCUT2D eigenvalue weighted by molar-refractivity contribution is 8.04. The van der Waals surface area contributed by atoms with Crippen molar-refractivity contribution < 1.29 is 9.59 Å². The molecule has 1 atom stereocenters. The fourth-order valence-corrected chi connectivity index (χ4v) is 4.39. The normalized spacial score (nSPS) is 15.2. The molecule has 0 saturated carbocycles. The second-order valence-corrected chi connectivity index (χ2v) is 8.80. The molecule has 0 aromatic heterocycles. The second-order valence-electron chi connectivity index (χ2n) is 7.71. The Morgan fingerprint density at radius 3 is 2.65 bits per heavy atom. The van der Waals surface area contributed by atoms with Crippen LogP contribution in [0.25, 0.3) is 6.08 Å². The van der Waals surface area contributed by atoms with Gasteiger partial charge in [0, 0.05) is 17.0 Å². The van der Waals surface area contributed by atoms with Crippen LogP contribution in [0.3, 0.4) is 0 Å². The Bertz CT molecular complexity index is 1160. The summed E-state index contributed by atoms with van der Waals surface area (Å²) in [7, 11) is 0. The van der Waals surface area contributed by atoms with Crippen LogP contribution in [-0.4, -0.2) is 18.4 Å². The van der Waals surface area contributed by atoms with E-state index in [-0.39, 0.29) is 17.7 Å². The lowest BCUT2D eigenvalue weighted by Crippen LogP contribution is -2.28. The molecule has 2 amide bonds. The Balaban J connectivity index is 1.45. The number of hydrogen-bond acceptors (Lipinski definition) is 3. The number of aryl methyl sites for hydroxylation is 1. The number of thioether (sulfide) groups is 1. The Morgan fingerprint density at radius 1 is 1.06 bits per heavy atom. The molecule has 156 valence electrons. The first-order valence-electron chi connectivity index (χ1n) is 10.2. The van der Waals surface area contributed by atoms with E-state index in [4.69, 9.17) is 0 Å². The van der Waals surface area contributed by atoms with E-state index in [1.807, 2.05) is 61.5 Å². The van der Waals surface area contributed by atoms with Crippen molar-refractivity contribution in [2.75, 3.05) is 11.9 Å². The van der Waals surface area contributed by atoms with Gasteiger partial charge >= 0.3 is 0 Å². The van der Waals surface area contributed by atoms with Crippen LogP contribution in [0.5, 0.6) is 0 Å². The number of fused-ring (bicyclic) bond motifs is 1. The first kappa shape index (κ1) is 20.9. The monoisotopic (exact) mass is 428 g/mol. The zero-order valence-electron chi connectivity index (χ0n) is 17.5. The Morgan fingerprint density at radius 2 is 1.87 bits per heavy atom. The van der Waals surface area contributed by atoms with Crippen LogP contribution in [0.15, 0.2) is 82.6 Å². The van der Waals surface area contributed by atoms with Crippen molar-refractivity contribution in [3.63, 3.8) is 0 Å². The van der Waals surface area contributed by atoms with Gasteiger partial charge in [0.05, 0.1) is 10.6 Å². The van der Waals surface area contributed by atoms with Crippen LogP contribution < -0.4 is 10.6 Å². The molecule has 1 aliphatic heterocycles. The summed E-state index contributed by atoms with van der Waals surface area (Å²) in [6.07, 6.45) is 1.89. The predicted octanol–water partition coefficient (Wildman–Crippen LogP) is 5.61. The highest BCUT2D eigenvalue weighted by Gasteiger charge is 2.22.